The molecule has 2 aromatic rings. The van der Waals surface area contributed by atoms with Crippen LogP contribution >= 0.6 is 11.3 Å². The number of benzene rings is 1. The zero-order chi connectivity index (χ0) is 15.4. The summed E-state index contributed by atoms with van der Waals surface area (Å²) in [5, 5.41) is 13.2. The van der Waals surface area contributed by atoms with Gasteiger partial charge in [-0.25, -0.2) is 0 Å². The molecule has 0 aliphatic heterocycles. The molecule has 1 aromatic carbocycles. The lowest BCUT2D eigenvalue weighted by Crippen LogP contribution is -2.30. The highest BCUT2D eigenvalue weighted by Gasteiger charge is 2.13. The first-order chi connectivity index (χ1) is 9.99. The lowest BCUT2D eigenvalue weighted by molar-refractivity contribution is 0.371. The number of aryl methyl sites for hydroxylation is 1. The van der Waals surface area contributed by atoms with E-state index < -0.39 is 0 Å². The number of phenolic OH excluding ortho intramolecular Hbond substituents is 1. The fraction of sp³-hybridized carbons (Fsp3) is 0.412. The molecule has 0 amide bonds. The summed E-state index contributed by atoms with van der Waals surface area (Å²) in [5.74, 6) is 0.693. The number of methoxy groups -OCH3 is 1. The normalized spacial score (nSPS) is 13.9. The van der Waals surface area contributed by atoms with E-state index in [2.05, 4.69) is 38.2 Å². The van der Waals surface area contributed by atoms with Crippen LogP contribution < -0.4 is 10.1 Å². The molecule has 0 spiro atoms. The average Bonchev–Trinajstić information content (AvgIpc) is 2.84. The fourth-order valence-electron chi connectivity index (χ4n) is 2.44. The van der Waals surface area contributed by atoms with E-state index in [9.17, 15) is 5.11 Å². The van der Waals surface area contributed by atoms with Crippen molar-refractivity contribution in [3.63, 3.8) is 0 Å². The van der Waals surface area contributed by atoms with E-state index in [1.807, 2.05) is 23.5 Å². The maximum atomic E-state index is 9.65. The molecule has 2 unspecified atom stereocenters. The number of aromatic hydroxyl groups is 1. The predicted octanol–water partition coefficient (Wildman–Crippen LogP) is 4.05. The maximum Gasteiger partial charge on any atom is 0.160 e. The minimum atomic E-state index is 0.176. The second-order valence-electron chi connectivity index (χ2n) is 5.44. The van der Waals surface area contributed by atoms with Crippen molar-refractivity contribution in [1.82, 2.24) is 5.32 Å². The molecule has 0 fully saturated rings. The molecule has 2 N–H and O–H groups in total. The Labute approximate surface area is 130 Å². The molecule has 21 heavy (non-hydrogen) atoms. The Balaban J connectivity index is 1.98. The number of hydrogen-bond donors (Lipinski definition) is 2. The van der Waals surface area contributed by atoms with Crippen LogP contribution in [0.15, 0.2) is 30.3 Å². The number of hydrogen-bond acceptors (Lipinski definition) is 4. The molecule has 1 heterocycles. The molecule has 4 heteroatoms. The zero-order valence-electron chi connectivity index (χ0n) is 13.0. The maximum absolute atomic E-state index is 9.65. The molecule has 0 bridgehead atoms. The van der Waals surface area contributed by atoms with Gasteiger partial charge >= 0.3 is 0 Å². The Morgan fingerprint density at radius 3 is 2.62 bits per heavy atom. The van der Waals surface area contributed by atoms with Crippen LogP contribution in [0, 0.1) is 6.92 Å². The Morgan fingerprint density at radius 2 is 2.00 bits per heavy atom. The van der Waals surface area contributed by atoms with Gasteiger partial charge in [0, 0.05) is 21.8 Å². The quantitative estimate of drug-likeness (QED) is 0.846. The first kappa shape index (κ1) is 15.9. The molecule has 0 saturated carbocycles. The third kappa shape index (κ3) is 4.22. The molecule has 3 nitrogen and oxygen atoms in total. The van der Waals surface area contributed by atoms with Gasteiger partial charge in [-0.15, -0.1) is 11.3 Å². The van der Waals surface area contributed by atoms with E-state index in [-0.39, 0.29) is 11.8 Å². The number of rotatable bonds is 6. The van der Waals surface area contributed by atoms with Crippen molar-refractivity contribution in [3.05, 3.63) is 45.6 Å². The van der Waals surface area contributed by atoms with Gasteiger partial charge in [0.05, 0.1) is 7.11 Å². The molecule has 2 atom stereocenters. The van der Waals surface area contributed by atoms with Crippen molar-refractivity contribution in [2.75, 3.05) is 7.11 Å². The summed E-state index contributed by atoms with van der Waals surface area (Å²) < 4.78 is 5.16. The average molecular weight is 305 g/mol. The molecule has 114 valence electrons. The molecule has 0 aliphatic rings. The standard InChI is InChI=1S/C17H23NO2S/c1-11(9-15-7-5-12(2)21-15)18-13(3)14-6-8-16(19)17(10-14)20-4/h5-8,10-11,13,18-19H,9H2,1-4H3. The summed E-state index contributed by atoms with van der Waals surface area (Å²) in [6, 6.07) is 10.5. The van der Waals surface area contributed by atoms with Crippen LogP contribution in [-0.4, -0.2) is 18.3 Å². The van der Waals surface area contributed by atoms with Crippen molar-refractivity contribution in [1.29, 1.82) is 0 Å². The van der Waals surface area contributed by atoms with Gasteiger partial charge in [0.25, 0.3) is 0 Å². The monoisotopic (exact) mass is 305 g/mol. The van der Waals surface area contributed by atoms with Crippen LogP contribution in [0.2, 0.25) is 0 Å². The van der Waals surface area contributed by atoms with Gasteiger partial charge in [-0.1, -0.05) is 6.07 Å². The first-order valence-corrected chi connectivity index (χ1v) is 7.99. The van der Waals surface area contributed by atoms with E-state index in [1.54, 1.807) is 13.2 Å². The molecular formula is C17H23NO2S. The van der Waals surface area contributed by atoms with Crippen molar-refractivity contribution < 1.29 is 9.84 Å². The topological polar surface area (TPSA) is 41.5 Å². The second kappa shape index (κ2) is 6.96. The van der Waals surface area contributed by atoms with E-state index >= 15 is 0 Å². The van der Waals surface area contributed by atoms with Gasteiger partial charge < -0.3 is 15.2 Å². The van der Waals surface area contributed by atoms with Gasteiger partial charge in [0.1, 0.15) is 0 Å². The minimum Gasteiger partial charge on any atom is -0.504 e. The van der Waals surface area contributed by atoms with Crippen LogP contribution in [0.25, 0.3) is 0 Å². The van der Waals surface area contributed by atoms with Gasteiger partial charge in [-0.2, -0.15) is 0 Å². The highest BCUT2D eigenvalue weighted by Crippen LogP contribution is 2.29. The summed E-state index contributed by atoms with van der Waals surface area (Å²) in [4.78, 5) is 2.76. The van der Waals surface area contributed by atoms with E-state index in [0.29, 0.717) is 11.8 Å². The number of ether oxygens (including phenoxy) is 1. The van der Waals surface area contributed by atoms with Crippen LogP contribution in [-0.2, 0) is 6.42 Å². The van der Waals surface area contributed by atoms with Gasteiger partial charge in [-0.05, 0) is 57.0 Å². The number of phenols is 1. The Morgan fingerprint density at radius 1 is 1.24 bits per heavy atom. The second-order valence-corrected chi connectivity index (χ2v) is 6.81. The smallest absolute Gasteiger partial charge is 0.160 e. The Hall–Kier alpha value is -1.52. The van der Waals surface area contributed by atoms with Crippen LogP contribution in [0.4, 0.5) is 0 Å². The first-order valence-electron chi connectivity index (χ1n) is 7.18. The number of nitrogens with one attached hydrogen (secondary N) is 1. The van der Waals surface area contributed by atoms with Crippen LogP contribution in [0.1, 0.15) is 35.2 Å². The van der Waals surface area contributed by atoms with Crippen LogP contribution in [0.5, 0.6) is 11.5 Å². The van der Waals surface area contributed by atoms with Gasteiger partial charge in [0.2, 0.25) is 0 Å². The SMILES string of the molecule is COc1cc(C(C)NC(C)Cc2ccc(C)s2)ccc1O. The fourth-order valence-corrected chi connectivity index (χ4v) is 3.46. The molecule has 0 aliphatic carbocycles. The molecular weight excluding hydrogens is 282 g/mol. The van der Waals surface area contributed by atoms with Crippen molar-refractivity contribution in [2.24, 2.45) is 0 Å². The largest absolute Gasteiger partial charge is 0.504 e. The summed E-state index contributed by atoms with van der Waals surface area (Å²) in [5.41, 5.74) is 1.11. The molecule has 2 rings (SSSR count). The summed E-state index contributed by atoms with van der Waals surface area (Å²) in [7, 11) is 1.57. The summed E-state index contributed by atoms with van der Waals surface area (Å²) in [6.07, 6.45) is 1.03. The number of thiophene rings is 1. The molecule has 0 radical (unpaired) electrons. The van der Waals surface area contributed by atoms with E-state index in [1.165, 1.54) is 9.75 Å². The van der Waals surface area contributed by atoms with Gasteiger partial charge in [-0.3, -0.25) is 0 Å². The lowest BCUT2D eigenvalue weighted by atomic mass is 10.1. The van der Waals surface area contributed by atoms with Crippen molar-refractivity contribution in [3.8, 4) is 11.5 Å². The Kier molecular flexibility index (Phi) is 5.26. The molecule has 0 saturated heterocycles. The zero-order valence-corrected chi connectivity index (χ0v) is 13.8. The highest BCUT2D eigenvalue weighted by atomic mass is 32.1. The third-order valence-corrected chi connectivity index (χ3v) is 4.56. The van der Waals surface area contributed by atoms with Gasteiger partial charge in [0.15, 0.2) is 11.5 Å². The van der Waals surface area contributed by atoms with Crippen molar-refractivity contribution in [2.45, 2.75) is 39.3 Å². The lowest BCUT2D eigenvalue weighted by Gasteiger charge is -2.20. The molecule has 1 aromatic heterocycles. The van der Waals surface area contributed by atoms with Crippen LogP contribution in [0.3, 0.4) is 0 Å². The van der Waals surface area contributed by atoms with E-state index in [0.717, 1.165) is 12.0 Å². The predicted molar refractivity (Wildman–Crippen MR) is 88.4 cm³/mol. The Bertz CT molecular complexity index is 594. The van der Waals surface area contributed by atoms with Crippen molar-refractivity contribution >= 4 is 11.3 Å². The summed E-state index contributed by atoms with van der Waals surface area (Å²) >= 11 is 1.85. The minimum absolute atomic E-state index is 0.176. The third-order valence-electron chi connectivity index (χ3n) is 3.54. The highest BCUT2D eigenvalue weighted by molar-refractivity contribution is 7.11. The van der Waals surface area contributed by atoms with E-state index in [4.69, 9.17) is 4.74 Å². The summed E-state index contributed by atoms with van der Waals surface area (Å²) in [6.45, 7) is 6.46.